The number of hydrogen-bond acceptors (Lipinski definition) is 6. The number of aromatic nitrogens is 1. The standard InChI is InChI=1S/C20H20N2O5S/c1-25-17-6-2-15(3-7-17)19-14-21-20(27-19)16-4-8-18(9-5-16)28(23,24)22-10-12-26-13-11-22/h2-9,14H,10-13H2,1H3. The molecule has 7 nitrogen and oxygen atoms in total. The quantitative estimate of drug-likeness (QED) is 0.655. The number of methoxy groups -OCH3 is 1. The Morgan fingerprint density at radius 2 is 1.61 bits per heavy atom. The molecule has 2 aromatic carbocycles. The number of benzene rings is 2. The van der Waals surface area contributed by atoms with Crippen LogP contribution in [0.1, 0.15) is 0 Å². The van der Waals surface area contributed by atoms with Crippen LogP contribution in [-0.2, 0) is 14.8 Å². The molecule has 0 radical (unpaired) electrons. The lowest BCUT2D eigenvalue weighted by Gasteiger charge is -2.26. The molecule has 8 heteroatoms. The van der Waals surface area contributed by atoms with Crippen molar-refractivity contribution in [3.63, 3.8) is 0 Å². The molecule has 0 saturated carbocycles. The summed E-state index contributed by atoms with van der Waals surface area (Å²) in [6, 6.07) is 14.1. The number of sulfonamides is 1. The van der Waals surface area contributed by atoms with Gasteiger partial charge in [0.2, 0.25) is 15.9 Å². The summed E-state index contributed by atoms with van der Waals surface area (Å²) in [7, 11) is -1.90. The third kappa shape index (κ3) is 3.66. The minimum absolute atomic E-state index is 0.250. The summed E-state index contributed by atoms with van der Waals surface area (Å²) in [6.07, 6.45) is 1.65. The maximum absolute atomic E-state index is 12.7. The van der Waals surface area contributed by atoms with Gasteiger partial charge < -0.3 is 13.9 Å². The number of nitrogens with zero attached hydrogens (tertiary/aromatic N) is 2. The fourth-order valence-electron chi connectivity index (χ4n) is 3.00. The lowest BCUT2D eigenvalue weighted by Crippen LogP contribution is -2.40. The van der Waals surface area contributed by atoms with Crippen molar-refractivity contribution >= 4 is 10.0 Å². The van der Waals surface area contributed by atoms with Crippen LogP contribution in [0, 0.1) is 0 Å². The normalized spacial score (nSPS) is 15.5. The molecule has 3 aromatic rings. The first kappa shape index (κ1) is 18.7. The van der Waals surface area contributed by atoms with Gasteiger partial charge in [-0.2, -0.15) is 4.31 Å². The van der Waals surface area contributed by atoms with Gasteiger partial charge in [-0.3, -0.25) is 0 Å². The average molecular weight is 400 g/mol. The Labute approximate surface area is 163 Å². The molecule has 0 aliphatic carbocycles. The van der Waals surface area contributed by atoms with Crippen molar-refractivity contribution < 1.29 is 22.3 Å². The molecule has 0 N–H and O–H groups in total. The molecule has 146 valence electrons. The van der Waals surface area contributed by atoms with E-state index in [4.69, 9.17) is 13.9 Å². The zero-order valence-electron chi connectivity index (χ0n) is 15.4. The maximum atomic E-state index is 12.7. The van der Waals surface area contributed by atoms with Gasteiger partial charge in [-0.1, -0.05) is 0 Å². The summed E-state index contributed by atoms with van der Waals surface area (Å²) in [5, 5.41) is 0. The van der Waals surface area contributed by atoms with Crippen molar-refractivity contribution in [2.45, 2.75) is 4.90 Å². The molecule has 1 aromatic heterocycles. The van der Waals surface area contributed by atoms with Gasteiger partial charge in [-0.15, -0.1) is 0 Å². The van der Waals surface area contributed by atoms with E-state index >= 15 is 0 Å². The van der Waals surface area contributed by atoms with Crippen molar-refractivity contribution in [3.8, 4) is 28.5 Å². The number of morpholine rings is 1. The first-order chi connectivity index (χ1) is 13.6. The molecule has 1 aliphatic heterocycles. The Morgan fingerprint density at radius 1 is 0.964 bits per heavy atom. The van der Waals surface area contributed by atoms with Crippen LogP contribution < -0.4 is 4.74 Å². The third-order valence-electron chi connectivity index (χ3n) is 4.59. The molecule has 0 unspecified atom stereocenters. The lowest BCUT2D eigenvalue weighted by molar-refractivity contribution is 0.0730. The van der Waals surface area contributed by atoms with Crippen LogP contribution in [0.2, 0.25) is 0 Å². The van der Waals surface area contributed by atoms with Crippen LogP contribution in [0.3, 0.4) is 0 Å². The molecular weight excluding hydrogens is 380 g/mol. The number of hydrogen-bond donors (Lipinski definition) is 0. The van der Waals surface area contributed by atoms with Crippen LogP contribution in [-0.4, -0.2) is 51.1 Å². The summed E-state index contributed by atoms with van der Waals surface area (Å²) < 4.78 is 43.1. The molecule has 28 heavy (non-hydrogen) atoms. The number of oxazole rings is 1. The molecule has 1 aliphatic rings. The molecule has 0 amide bonds. The van der Waals surface area contributed by atoms with E-state index in [1.807, 2.05) is 24.3 Å². The van der Waals surface area contributed by atoms with E-state index in [-0.39, 0.29) is 4.90 Å². The predicted octanol–water partition coefficient (Wildman–Crippen LogP) is 3.04. The Kier molecular flexibility index (Phi) is 5.17. The smallest absolute Gasteiger partial charge is 0.243 e. The highest BCUT2D eigenvalue weighted by molar-refractivity contribution is 7.89. The lowest BCUT2D eigenvalue weighted by atomic mass is 10.2. The van der Waals surface area contributed by atoms with E-state index in [1.54, 1.807) is 37.6 Å². The predicted molar refractivity (Wildman–Crippen MR) is 104 cm³/mol. The van der Waals surface area contributed by atoms with Gasteiger partial charge >= 0.3 is 0 Å². The summed E-state index contributed by atoms with van der Waals surface area (Å²) in [4.78, 5) is 4.56. The van der Waals surface area contributed by atoms with Crippen LogP contribution in [0.15, 0.2) is 64.0 Å². The molecule has 1 saturated heterocycles. The Hall–Kier alpha value is -2.68. The van der Waals surface area contributed by atoms with E-state index in [2.05, 4.69) is 4.98 Å². The van der Waals surface area contributed by atoms with Crippen molar-refractivity contribution in [2.75, 3.05) is 33.4 Å². The second-order valence-electron chi connectivity index (χ2n) is 6.30. The highest BCUT2D eigenvalue weighted by atomic mass is 32.2. The zero-order valence-corrected chi connectivity index (χ0v) is 16.2. The van der Waals surface area contributed by atoms with Gasteiger partial charge in [0.05, 0.1) is 31.4 Å². The first-order valence-corrected chi connectivity index (χ1v) is 10.3. The van der Waals surface area contributed by atoms with E-state index in [9.17, 15) is 8.42 Å². The zero-order chi connectivity index (χ0) is 19.6. The Morgan fingerprint density at radius 3 is 2.25 bits per heavy atom. The van der Waals surface area contributed by atoms with Crippen LogP contribution >= 0.6 is 0 Å². The average Bonchev–Trinajstić information content (AvgIpc) is 3.25. The Balaban J connectivity index is 1.55. The monoisotopic (exact) mass is 400 g/mol. The fourth-order valence-corrected chi connectivity index (χ4v) is 4.41. The SMILES string of the molecule is COc1ccc(-c2cnc(-c3ccc(S(=O)(=O)N4CCOCC4)cc3)o2)cc1. The number of rotatable bonds is 5. The second kappa shape index (κ2) is 7.75. The van der Waals surface area contributed by atoms with Crippen molar-refractivity contribution in [2.24, 2.45) is 0 Å². The first-order valence-electron chi connectivity index (χ1n) is 8.86. The van der Waals surface area contributed by atoms with Crippen molar-refractivity contribution in [3.05, 3.63) is 54.7 Å². The second-order valence-corrected chi connectivity index (χ2v) is 8.24. The van der Waals surface area contributed by atoms with Gasteiger partial charge in [-0.05, 0) is 48.5 Å². The molecule has 0 spiro atoms. The minimum Gasteiger partial charge on any atom is -0.497 e. The molecule has 1 fully saturated rings. The van der Waals surface area contributed by atoms with Gasteiger partial charge in [0.25, 0.3) is 0 Å². The van der Waals surface area contributed by atoms with Gasteiger partial charge in [0.1, 0.15) is 5.75 Å². The topological polar surface area (TPSA) is 81.9 Å². The summed E-state index contributed by atoms with van der Waals surface area (Å²) in [6.45, 7) is 1.58. The molecule has 4 rings (SSSR count). The van der Waals surface area contributed by atoms with E-state index in [1.165, 1.54) is 4.31 Å². The van der Waals surface area contributed by atoms with E-state index in [0.717, 1.165) is 11.3 Å². The van der Waals surface area contributed by atoms with Crippen LogP contribution in [0.25, 0.3) is 22.8 Å². The van der Waals surface area contributed by atoms with Gasteiger partial charge in [0, 0.05) is 24.2 Å². The maximum Gasteiger partial charge on any atom is 0.243 e. The van der Waals surface area contributed by atoms with Crippen molar-refractivity contribution in [1.29, 1.82) is 0 Å². The van der Waals surface area contributed by atoms with Gasteiger partial charge in [-0.25, -0.2) is 13.4 Å². The summed E-state index contributed by atoms with van der Waals surface area (Å²) in [5.74, 6) is 1.82. The fraction of sp³-hybridized carbons (Fsp3) is 0.250. The van der Waals surface area contributed by atoms with E-state index < -0.39 is 10.0 Å². The van der Waals surface area contributed by atoms with E-state index in [0.29, 0.717) is 43.5 Å². The minimum atomic E-state index is -3.51. The molecule has 0 atom stereocenters. The summed E-state index contributed by atoms with van der Waals surface area (Å²) >= 11 is 0. The highest BCUT2D eigenvalue weighted by Crippen LogP contribution is 2.28. The highest BCUT2D eigenvalue weighted by Gasteiger charge is 2.26. The molecule has 2 heterocycles. The Bertz CT molecular complexity index is 1040. The third-order valence-corrected chi connectivity index (χ3v) is 6.50. The van der Waals surface area contributed by atoms with Crippen LogP contribution in [0.4, 0.5) is 0 Å². The molecular formula is C20H20N2O5S. The molecule has 0 bridgehead atoms. The summed E-state index contributed by atoms with van der Waals surface area (Å²) in [5.41, 5.74) is 1.59. The number of ether oxygens (including phenoxy) is 2. The van der Waals surface area contributed by atoms with Gasteiger partial charge in [0.15, 0.2) is 5.76 Å². The van der Waals surface area contributed by atoms with Crippen molar-refractivity contribution in [1.82, 2.24) is 9.29 Å². The largest absolute Gasteiger partial charge is 0.497 e. The van der Waals surface area contributed by atoms with Crippen LogP contribution in [0.5, 0.6) is 5.75 Å².